The van der Waals surface area contributed by atoms with Crippen LogP contribution in [0.2, 0.25) is 0 Å². The fraction of sp³-hybridized carbons (Fsp3) is 0.780. The zero-order valence-corrected chi connectivity index (χ0v) is 39.8. The van der Waals surface area contributed by atoms with Crippen molar-refractivity contribution in [2.45, 2.75) is 200 Å². The highest BCUT2D eigenvalue weighted by molar-refractivity contribution is 7.45. The summed E-state index contributed by atoms with van der Waals surface area (Å²) in [6.45, 7) is 5.24. The Labute approximate surface area is 364 Å². The molecule has 0 saturated carbocycles. The van der Waals surface area contributed by atoms with Crippen molar-refractivity contribution in [3.8, 4) is 0 Å². The maximum Gasteiger partial charge on any atom is 0.306 e. The van der Waals surface area contributed by atoms with E-state index in [9.17, 15) is 14.3 Å². The lowest BCUT2D eigenvalue weighted by Gasteiger charge is -2.28. The van der Waals surface area contributed by atoms with Crippen molar-refractivity contribution in [3.63, 3.8) is 0 Å². The highest BCUT2D eigenvalue weighted by Crippen LogP contribution is 2.38. The summed E-state index contributed by atoms with van der Waals surface area (Å²) in [6.07, 6.45) is 54.0. The first-order valence-corrected chi connectivity index (χ1v) is 25.5. The minimum absolute atomic E-state index is 0.0144. The number of phosphoric ester groups is 1. The van der Waals surface area contributed by atoms with Crippen LogP contribution in [0.3, 0.4) is 0 Å². The van der Waals surface area contributed by atoms with Gasteiger partial charge in [-0.3, -0.25) is 9.36 Å². The molecule has 0 fully saturated rings. The van der Waals surface area contributed by atoms with Crippen LogP contribution in [0.1, 0.15) is 194 Å². The number of quaternary nitrogens is 1. The van der Waals surface area contributed by atoms with Crippen LogP contribution in [0.4, 0.5) is 0 Å². The van der Waals surface area contributed by atoms with Gasteiger partial charge in [-0.2, -0.15) is 0 Å². The Morgan fingerprint density at radius 2 is 0.966 bits per heavy atom. The third-order valence-electron chi connectivity index (χ3n) is 10.1. The number of carbonyl (C=O) groups is 1. The summed E-state index contributed by atoms with van der Waals surface area (Å²) in [5.41, 5.74) is 0. The second-order valence-corrected chi connectivity index (χ2v) is 18.5. The highest BCUT2D eigenvalue weighted by Gasteiger charge is 2.20. The van der Waals surface area contributed by atoms with E-state index in [-0.39, 0.29) is 32.2 Å². The van der Waals surface area contributed by atoms with Gasteiger partial charge in [0.1, 0.15) is 19.3 Å². The number of nitrogens with zero attached hydrogens (tertiary/aromatic N) is 1. The molecule has 0 N–H and O–H groups in total. The van der Waals surface area contributed by atoms with Gasteiger partial charge < -0.3 is 27.9 Å². The predicted molar refractivity (Wildman–Crippen MR) is 249 cm³/mol. The van der Waals surface area contributed by atoms with Gasteiger partial charge in [0.05, 0.1) is 34.4 Å². The summed E-state index contributed by atoms with van der Waals surface area (Å²) < 4.78 is 34.6. The molecule has 0 saturated heterocycles. The maximum absolute atomic E-state index is 12.7. The number of esters is 1. The molecular formula is C50H92NO7P. The van der Waals surface area contributed by atoms with Crippen molar-refractivity contribution >= 4 is 13.8 Å². The molecule has 2 atom stereocenters. The van der Waals surface area contributed by atoms with E-state index in [2.05, 4.69) is 74.6 Å². The van der Waals surface area contributed by atoms with E-state index in [1.54, 1.807) is 0 Å². The highest BCUT2D eigenvalue weighted by atomic mass is 31.2. The molecule has 0 aromatic heterocycles. The molecule has 0 aliphatic rings. The lowest BCUT2D eigenvalue weighted by Crippen LogP contribution is -2.37. The van der Waals surface area contributed by atoms with Crippen LogP contribution in [0.15, 0.2) is 60.8 Å². The Balaban J connectivity index is 4.24. The van der Waals surface area contributed by atoms with Gasteiger partial charge >= 0.3 is 5.97 Å². The average molecular weight is 850 g/mol. The molecule has 0 aromatic rings. The Morgan fingerprint density at radius 3 is 1.41 bits per heavy atom. The third kappa shape index (κ3) is 47.1. The number of likely N-dealkylation sites (N-methyl/N-ethyl adjacent to an activating group) is 1. The van der Waals surface area contributed by atoms with Crippen LogP contribution < -0.4 is 4.89 Å². The molecule has 9 heteroatoms. The molecule has 0 rings (SSSR count). The summed E-state index contributed by atoms with van der Waals surface area (Å²) in [6, 6.07) is 0. The molecule has 59 heavy (non-hydrogen) atoms. The number of ether oxygens (including phenoxy) is 2. The first-order valence-electron chi connectivity index (χ1n) is 24.0. The van der Waals surface area contributed by atoms with Crippen LogP contribution in [0.25, 0.3) is 0 Å². The fourth-order valence-corrected chi connectivity index (χ4v) is 7.13. The quantitative estimate of drug-likeness (QED) is 0.0198. The number of carbonyl (C=O) groups excluding carboxylic acids is 1. The molecule has 2 unspecified atom stereocenters. The van der Waals surface area contributed by atoms with Gasteiger partial charge in [0.25, 0.3) is 7.82 Å². The van der Waals surface area contributed by atoms with Crippen LogP contribution >= 0.6 is 7.82 Å². The summed E-state index contributed by atoms with van der Waals surface area (Å²) >= 11 is 0. The van der Waals surface area contributed by atoms with E-state index >= 15 is 0 Å². The Morgan fingerprint density at radius 1 is 0.542 bits per heavy atom. The molecule has 0 bridgehead atoms. The van der Waals surface area contributed by atoms with E-state index in [0.29, 0.717) is 24.1 Å². The van der Waals surface area contributed by atoms with Crippen molar-refractivity contribution in [2.24, 2.45) is 0 Å². The first kappa shape index (κ1) is 57.2. The number of hydrogen-bond acceptors (Lipinski definition) is 7. The van der Waals surface area contributed by atoms with Gasteiger partial charge in [-0.05, 0) is 51.4 Å². The number of rotatable bonds is 44. The topological polar surface area (TPSA) is 94.1 Å². The molecule has 0 aliphatic heterocycles. The zero-order valence-electron chi connectivity index (χ0n) is 38.9. The summed E-state index contributed by atoms with van der Waals surface area (Å²) in [4.78, 5) is 25.1. The number of hydrogen-bond donors (Lipinski definition) is 0. The normalized spacial score (nSPS) is 14.2. The maximum atomic E-state index is 12.7. The third-order valence-corrected chi connectivity index (χ3v) is 11.0. The molecule has 0 aliphatic carbocycles. The second kappa shape index (κ2) is 42.9. The SMILES string of the molecule is CC/C=C\C/C=C\C/C=C\C/C=C\C/C=C\CCCC(=O)OC(COCCCCCCCCCCCCCCCCCCCCCC)COP(=O)([O-])OCC[N+](C)(C)C. The number of unbranched alkanes of at least 4 members (excludes halogenated alkanes) is 20. The first-order chi connectivity index (χ1) is 28.6. The fourth-order valence-electron chi connectivity index (χ4n) is 6.41. The van der Waals surface area contributed by atoms with E-state index in [1.807, 2.05) is 21.1 Å². The zero-order chi connectivity index (χ0) is 43.4. The van der Waals surface area contributed by atoms with Crippen LogP contribution in [-0.4, -0.2) is 70.7 Å². The molecule has 0 radical (unpaired) electrons. The standard InChI is InChI=1S/C50H92NO7P/c1-6-8-10-12-14-16-18-20-22-24-25-26-28-30-32-34-36-38-40-42-45-55-47-49(48-57-59(53,54)56-46-44-51(3,4)5)58-50(52)43-41-39-37-35-33-31-29-27-23-21-19-17-15-13-11-9-7-2/h9,11,15,17,21,23,29,31,35,37,49H,6-8,10,12-14,16,18-20,22,24-28,30,32-34,36,38-48H2,1-5H3/b11-9-,17-15-,23-21-,31-29-,37-35-. The second-order valence-electron chi connectivity index (χ2n) is 17.1. The van der Waals surface area contributed by atoms with Crippen molar-refractivity contribution in [1.29, 1.82) is 0 Å². The van der Waals surface area contributed by atoms with Gasteiger partial charge in [0, 0.05) is 13.0 Å². The lowest BCUT2D eigenvalue weighted by molar-refractivity contribution is -0.870. The summed E-state index contributed by atoms with van der Waals surface area (Å²) in [7, 11) is 1.32. The molecule has 0 amide bonds. The summed E-state index contributed by atoms with van der Waals surface area (Å²) in [5, 5.41) is 0. The monoisotopic (exact) mass is 850 g/mol. The minimum Gasteiger partial charge on any atom is -0.756 e. The number of phosphoric acid groups is 1. The van der Waals surface area contributed by atoms with Crippen molar-refractivity contribution in [2.75, 3.05) is 54.1 Å². The van der Waals surface area contributed by atoms with E-state index in [4.69, 9.17) is 18.5 Å². The predicted octanol–water partition coefficient (Wildman–Crippen LogP) is 13.9. The number of allylic oxidation sites excluding steroid dienone is 10. The largest absolute Gasteiger partial charge is 0.756 e. The van der Waals surface area contributed by atoms with Crippen LogP contribution in [0.5, 0.6) is 0 Å². The van der Waals surface area contributed by atoms with E-state index < -0.39 is 13.9 Å². The minimum atomic E-state index is -4.54. The van der Waals surface area contributed by atoms with Crippen LogP contribution in [-0.2, 0) is 27.9 Å². The van der Waals surface area contributed by atoms with Crippen molar-refractivity contribution in [1.82, 2.24) is 0 Å². The van der Waals surface area contributed by atoms with Gasteiger partial charge in [-0.15, -0.1) is 0 Å². The lowest BCUT2D eigenvalue weighted by atomic mass is 10.0. The van der Waals surface area contributed by atoms with E-state index in [1.165, 1.54) is 116 Å². The molecule has 0 heterocycles. The van der Waals surface area contributed by atoms with Gasteiger partial charge in [0.2, 0.25) is 0 Å². The molecule has 8 nitrogen and oxygen atoms in total. The smallest absolute Gasteiger partial charge is 0.306 e. The van der Waals surface area contributed by atoms with Gasteiger partial charge in [-0.25, -0.2) is 0 Å². The molecular weight excluding hydrogens is 758 g/mol. The van der Waals surface area contributed by atoms with Crippen molar-refractivity contribution < 1.29 is 37.3 Å². The molecule has 0 aromatic carbocycles. The van der Waals surface area contributed by atoms with Crippen molar-refractivity contribution in [3.05, 3.63) is 60.8 Å². The van der Waals surface area contributed by atoms with E-state index in [0.717, 1.165) is 51.4 Å². The molecule has 0 spiro atoms. The van der Waals surface area contributed by atoms with Gasteiger partial charge in [0.15, 0.2) is 0 Å². The Hall–Kier alpha value is -1.80. The Bertz CT molecular complexity index is 1130. The molecule has 344 valence electrons. The van der Waals surface area contributed by atoms with Gasteiger partial charge in [-0.1, -0.05) is 197 Å². The summed E-state index contributed by atoms with van der Waals surface area (Å²) in [5.74, 6) is -0.389. The average Bonchev–Trinajstić information content (AvgIpc) is 3.19. The Kier molecular flexibility index (Phi) is 41.6. The van der Waals surface area contributed by atoms with Crippen LogP contribution in [0, 0.1) is 0 Å².